The lowest BCUT2D eigenvalue weighted by Crippen LogP contribution is -2.53. The standard InChI is InChI=1S/C40H54N2O8S/c1-27-10-13-30(51-23-7-5-21-42(20-4-6-22-43)39(49)38(48)37(47)36(46)34(45)26-44)24-28(27)14-16-40(17-18-40)33-25-41-19-15-31(33)32-8-2-3-9-35(32)50-29-11-12-29/h2-3,8-10,13,15,19,24-25,29,34,36-38,43-48H,4-7,11-12,14,16-18,20-23,26H2,1H3/t34-,36+,37-,38-/m0/s1. The molecule has 11 heteroatoms. The fraction of sp³-hybridized carbons (Fsp3) is 0.550. The Bertz CT molecular complexity index is 1560. The molecular weight excluding hydrogens is 669 g/mol. The third-order valence-corrected chi connectivity index (χ3v) is 11.3. The lowest BCUT2D eigenvalue weighted by molar-refractivity contribution is -0.158. The molecule has 1 aromatic heterocycles. The molecule has 0 unspecified atom stereocenters. The number of pyridine rings is 1. The van der Waals surface area contributed by atoms with Gasteiger partial charge in [-0.3, -0.25) is 9.78 Å². The number of thioether (sulfide) groups is 1. The van der Waals surface area contributed by atoms with Gasteiger partial charge >= 0.3 is 0 Å². The molecule has 2 aromatic carbocycles. The maximum atomic E-state index is 13.0. The third-order valence-electron chi connectivity index (χ3n) is 10.2. The summed E-state index contributed by atoms with van der Waals surface area (Å²) in [5.41, 5.74) is 6.40. The molecule has 0 aliphatic heterocycles. The molecule has 51 heavy (non-hydrogen) atoms. The van der Waals surface area contributed by atoms with Crippen molar-refractivity contribution < 1.29 is 40.2 Å². The van der Waals surface area contributed by atoms with Gasteiger partial charge in [0.05, 0.1) is 12.7 Å². The SMILES string of the molecule is Cc1ccc(SCCCCN(CCCCO)C(=O)[C@@H](O)[C@@H](O)[C@H](O)[C@@H](O)CO)cc1CCC1(c2cnccc2-c2ccccc2OC2CC2)CC1. The molecule has 1 heterocycles. The Kier molecular flexibility index (Phi) is 14.3. The van der Waals surface area contributed by atoms with Gasteiger partial charge in [-0.05, 0) is 129 Å². The second-order valence-corrected chi connectivity index (χ2v) is 15.3. The number of aryl methyl sites for hydroxylation is 2. The van der Waals surface area contributed by atoms with E-state index in [-0.39, 0.29) is 18.6 Å². The van der Waals surface area contributed by atoms with Crippen molar-refractivity contribution in [1.82, 2.24) is 9.88 Å². The zero-order chi connectivity index (χ0) is 36.4. The summed E-state index contributed by atoms with van der Waals surface area (Å²) in [6.45, 7) is 1.93. The quantitative estimate of drug-likeness (QED) is 0.0656. The molecule has 2 fully saturated rings. The summed E-state index contributed by atoms with van der Waals surface area (Å²) in [6, 6.07) is 17.1. The van der Waals surface area contributed by atoms with E-state index in [0.29, 0.717) is 31.9 Å². The topological polar surface area (TPSA) is 164 Å². The predicted octanol–water partition coefficient (Wildman–Crippen LogP) is 4.17. The molecule has 10 nitrogen and oxygen atoms in total. The second kappa shape index (κ2) is 18.6. The minimum Gasteiger partial charge on any atom is -0.490 e. The lowest BCUT2D eigenvalue weighted by Gasteiger charge is -2.30. The zero-order valence-corrected chi connectivity index (χ0v) is 30.4. The van der Waals surface area contributed by atoms with Gasteiger partial charge in [0.1, 0.15) is 24.1 Å². The number of nitrogens with zero attached hydrogens (tertiary/aromatic N) is 2. The molecule has 6 N–H and O–H groups in total. The Labute approximate surface area is 305 Å². The van der Waals surface area contributed by atoms with Gasteiger partial charge in [-0.15, -0.1) is 11.8 Å². The Balaban J connectivity index is 1.15. The van der Waals surface area contributed by atoms with Gasteiger partial charge in [-0.25, -0.2) is 0 Å². The first-order valence-electron chi connectivity index (χ1n) is 18.3. The maximum Gasteiger partial charge on any atom is 0.254 e. The number of aliphatic hydroxyl groups is 6. The summed E-state index contributed by atoms with van der Waals surface area (Å²) < 4.78 is 6.29. The number of amides is 1. The maximum absolute atomic E-state index is 13.0. The van der Waals surface area contributed by atoms with Crippen LogP contribution < -0.4 is 4.74 Å². The normalized spacial score (nSPS) is 17.4. The van der Waals surface area contributed by atoms with Crippen LogP contribution in [0.25, 0.3) is 11.1 Å². The first-order valence-corrected chi connectivity index (χ1v) is 19.3. The van der Waals surface area contributed by atoms with E-state index < -0.39 is 36.9 Å². The van der Waals surface area contributed by atoms with Gasteiger partial charge in [-0.2, -0.15) is 0 Å². The summed E-state index contributed by atoms with van der Waals surface area (Å²) in [6.07, 6.45) is 5.81. The number of hydrogen-bond acceptors (Lipinski definition) is 10. The van der Waals surface area contributed by atoms with E-state index in [0.717, 1.165) is 62.0 Å². The number of hydrogen-bond donors (Lipinski definition) is 6. The number of unbranched alkanes of at least 4 members (excludes halogenated alkanes) is 2. The van der Waals surface area contributed by atoms with Crippen LogP contribution in [0.1, 0.15) is 74.5 Å². The van der Waals surface area contributed by atoms with Gasteiger partial charge in [-0.1, -0.05) is 24.3 Å². The summed E-state index contributed by atoms with van der Waals surface area (Å²) in [4.78, 5) is 20.2. The molecule has 0 bridgehead atoms. The van der Waals surface area contributed by atoms with Crippen molar-refractivity contribution in [2.45, 2.75) is 112 Å². The number of benzene rings is 2. The third kappa shape index (κ3) is 10.5. The van der Waals surface area contributed by atoms with E-state index >= 15 is 0 Å². The lowest BCUT2D eigenvalue weighted by atomic mass is 9.85. The number of para-hydroxylation sites is 1. The van der Waals surface area contributed by atoms with Crippen molar-refractivity contribution in [2.24, 2.45) is 0 Å². The average molecular weight is 723 g/mol. The molecule has 2 aliphatic carbocycles. The number of rotatable bonds is 22. The van der Waals surface area contributed by atoms with Crippen LogP contribution in [0.5, 0.6) is 5.75 Å². The van der Waals surface area contributed by atoms with Gasteiger partial charge in [0.2, 0.25) is 0 Å². The van der Waals surface area contributed by atoms with Crippen molar-refractivity contribution in [3.8, 4) is 16.9 Å². The van der Waals surface area contributed by atoms with Crippen LogP contribution >= 0.6 is 11.8 Å². The highest BCUT2D eigenvalue weighted by Crippen LogP contribution is 2.55. The second-order valence-electron chi connectivity index (χ2n) is 14.1. The molecule has 4 atom stereocenters. The fourth-order valence-corrected chi connectivity index (χ4v) is 7.57. The first-order chi connectivity index (χ1) is 24.7. The molecular formula is C40H54N2O8S. The largest absolute Gasteiger partial charge is 0.490 e. The molecule has 1 amide bonds. The molecule has 0 saturated heterocycles. The van der Waals surface area contributed by atoms with Crippen molar-refractivity contribution in [2.75, 3.05) is 32.1 Å². The molecule has 3 aromatic rings. The Hall–Kier alpha value is -3.03. The summed E-state index contributed by atoms with van der Waals surface area (Å²) in [5.74, 6) is 1.03. The molecule has 0 radical (unpaired) electrons. The van der Waals surface area contributed by atoms with Gasteiger partial charge in [0.25, 0.3) is 5.91 Å². The van der Waals surface area contributed by atoms with E-state index in [1.165, 1.54) is 32.0 Å². The number of ether oxygens (including phenoxy) is 1. The highest BCUT2D eigenvalue weighted by atomic mass is 32.2. The molecule has 0 spiro atoms. The van der Waals surface area contributed by atoms with Gasteiger partial charge < -0.3 is 40.3 Å². The first kappa shape index (κ1) is 39.2. The van der Waals surface area contributed by atoms with Crippen LogP contribution in [-0.4, -0.2) is 109 Å². The van der Waals surface area contributed by atoms with Crippen LogP contribution in [0.3, 0.4) is 0 Å². The number of aromatic nitrogens is 1. The Morgan fingerprint density at radius 3 is 2.41 bits per heavy atom. The molecule has 278 valence electrons. The highest BCUT2D eigenvalue weighted by molar-refractivity contribution is 7.99. The van der Waals surface area contributed by atoms with E-state index in [9.17, 15) is 30.3 Å². The van der Waals surface area contributed by atoms with Crippen LogP contribution in [0, 0.1) is 6.92 Å². The zero-order valence-electron chi connectivity index (χ0n) is 29.6. The molecule has 5 rings (SSSR count). The number of carbonyl (C=O) groups is 1. The number of carbonyl (C=O) groups excluding carboxylic acids is 1. The van der Waals surface area contributed by atoms with Crippen LogP contribution in [-0.2, 0) is 16.6 Å². The van der Waals surface area contributed by atoms with E-state index in [1.807, 2.05) is 12.3 Å². The van der Waals surface area contributed by atoms with Crippen molar-refractivity contribution >= 4 is 17.7 Å². The highest BCUT2D eigenvalue weighted by Gasteiger charge is 2.45. The molecule has 2 aliphatic rings. The minimum absolute atomic E-state index is 0.0282. The van der Waals surface area contributed by atoms with E-state index in [2.05, 4.69) is 60.6 Å². The smallest absolute Gasteiger partial charge is 0.254 e. The van der Waals surface area contributed by atoms with Gasteiger partial charge in [0.15, 0.2) is 6.10 Å². The van der Waals surface area contributed by atoms with Crippen LogP contribution in [0.2, 0.25) is 0 Å². The van der Waals surface area contributed by atoms with Crippen molar-refractivity contribution in [3.63, 3.8) is 0 Å². The monoisotopic (exact) mass is 722 g/mol. The molecule has 2 saturated carbocycles. The van der Waals surface area contributed by atoms with E-state index in [4.69, 9.17) is 9.84 Å². The Morgan fingerprint density at radius 1 is 0.961 bits per heavy atom. The van der Waals surface area contributed by atoms with Crippen molar-refractivity contribution in [1.29, 1.82) is 0 Å². The average Bonchev–Trinajstić information content (AvgIpc) is 4.10. The Morgan fingerprint density at radius 2 is 1.71 bits per heavy atom. The fourth-order valence-electron chi connectivity index (χ4n) is 6.59. The van der Waals surface area contributed by atoms with Crippen molar-refractivity contribution in [3.05, 3.63) is 77.6 Å². The van der Waals surface area contributed by atoms with Crippen LogP contribution in [0.4, 0.5) is 0 Å². The summed E-state index contributed by atoms with van der Waals surface area (Å²) >= 11 is 1.77. The van der Waals surface area contributed by atoms with Gasteiger partial charge in [0, 0.05) is 42.5 Å². The number of aliphatic hydroxyl groups excluding tert-OH is 6. The minimum atomic E-state index is -1.95. The predicted molar refractivity (Wildman–Crippen MR) is 198 cm³/mol. The van der Waals surface area contributed by atoms with E-state index in [1.54, 1.807) is 11.8 Å². The summed E-state index contributed by atoms with van der Waals surface area (Å²) in [5, 5.41) is 58.5. The van der Waals surface area contributed by atoms with Crippen LogP contribution in [0.15, 0.2) is 65.8 Å². The summed E-state index contributed by atoms with van der Waals surface area (Å²) in [7, 11) is 0.